The standard InChI is InChI=1S/C23H28FN3O3/c1-3-19(16-6-8-17(24)9-7-16)25-22(28)18-13-20(27-11-12-30-14-21(18)27)23(29)26-10-4-5-15(26)2/h6-9,13,15,19H,3-5,10-12,14H2,1-2H3,(H,25,28)/t15?,19-/m1/s1. The number of halogens is 1. The van der Waals surface area contributed by atoms with Crippen LogP contribution in [-0.2, 0) is 17.9 Å². The molecular formula is C23H28FN3O3. The Hall–Kier alpha value is -2.67. The number of aromatic nitrogens is 1. The van der Waals surface area contributed by atoms with Gasteiger partial charge in [0, 0.05) is 19.1 Å². The van der Waals surface area contributed by atoms with Gasteiger partial charge in [-0.1, -0.05) is 19.1 Å². The predicted octanol–water partition coefficient (Wildman–Crippen LogP) is 3.66. The number of nitrogens with one attached hydrogen (secondary N) is 1. The van der Waals surface area contributed by atoms with Gasteiger partial charge in [-0.05, 0) is 49.9 Å². The van der Waals surface area contributed by atoms with Crippen molar-refractivity contribution in [3.05, 3.63) is 58.7 Å². The molecule has 2 atom stereocenters. The van der Waals surface area contributed by atoms with Crippen LogP contribution in [0.15, 0.2) is 30.3 Å². The first-order valence-corrected chi connectivity index (χ1v) is 10.7. The molecule has 0 spiro atoms. The molecular weight excluding hydrogens is 385 g/mol. The van der Waals surface area contributed by atoms with Crippen molar-refractivity contribution in [2.24, 2.45) is 0 Å². The summed E-state index contributed by atoms with van der Waals surface area (Å²) in [6.45, 7) is 6.17. The first-order valence-electron chi connectivity index (χ1n) is 10.7. The van der Waals surface area contributed by atoms with Gasteiger partial charge in [0.25, 0.3) is 11.8 Å². The maximum absolute atomic E-state index is 13.3. The van der Waals surface area contributed by atoms with Crippen LogP contribution < -0.4 is 5.32 Å². The zero-order chi connectivity index (χ0) is 21.3. The third-order valence-electron chi connectivity index (χ3n) is 6.17. The Labute approximate surface area is 176 Å². The molecule has 7 heteroatoms. The normalized spacial score (nSPS) is 19.4. The minimum Gasteiger partial charge on any atom is -0.373 e. The highest BCUT2D eigenvalue weighted by molar-refractivity contribution is 6.01. The Morgan fingerprint density at radius 1 is 1.27 bits per heavy atom. The molecule has 2 aliphatic rings. The number of ether oxygens (including phenoxy) is 1. The topological polar surface area (TPSA) is 63.6 Å². The van der Waals surface area contributed by atoms with Crippen LogP contribution in [0.1, 0.15) is 71.3 Å². The Morgan fingerprint density at radius 3 is 2.70 bits per heavy atom. The minimum atomic E-state index is -0.308. The fourth-order valence-corrected chi connectivity index (χ4v) is 4.43. The molecule has 1 saturated heterocycles. The van der Waals surface area contributed by atoms with Gasteiger partial charge >= 0.3 is 0 Å². The molecule has 160 valence electrons. The number of likely N-dealkylation sites (tertiary alicyclic amines) is 1. The summed E-state index contributed by atoms with van der Waals surface area (Å²) >= 11 is 0. The molecule has 1 fully saturated rings. The van der Waals surface area contributed by atoms with Gasteiger partial charge in [0.15, 0.2) is 0 Å². The zero-order valence-electron chi connectivity index (χ0n) is 17.5. The highest BCUT2D eigenvalue weighted by atomic mass is 19.1. The Kier molecular flexibility index (Phi) is 5.90. The van der Waals surface area contributed by atoms with Crippen molar-refractivity contribution in [2.45, 2.75) is 58.3 Å². The lowest BCUT2D eigenvalue weighted by molar-refractivity contribution is 0.0683. The summed E-state index contributed by atoms with van der Waals surface area (Å²) in [5, 5.41) is 3.04. The van der Waals surface area contributed by atoms with Gasteiger partial charge in [0.05, 0.1) is 30.5 Å². The number of hydrogen-bond acceptors (Lipinski definition) is 3. The second kappa shape index (κ2) is 8.60. The van der Waals surface area contributed by atoms with Crippen LogP contribution in [-0.4, -0.2) is 40.5 Å². The molecule has 2 amide bonds. The molecule has 3 heterocycles. The number of carbonyl (C=O) groups excluding carboxylic acids is 2. The van der Waals surface area contributed by atoms with E-state index in [9.17, 15) is 14.0 Å². The van der Waals surface area contributed by atoms with Crippen molar-refractivity contribution in [1.82, 2.24) is 14.8 Å². The lowest BCUT2D eigenvalue weighted by Gasteiger charge is -2.24. The smallest absolute Gasteiger partial charge is 0.270 e. The van der Waals surface area contributed by atoms with Crippen LogP contribution in [0.3, 0.4) is 0 Å². The van der Waals surface area contributed by atoms with Gasteiger partial charge in [0.2, 0.25) is 0 Å². The molecule has 1 aromatic heterocycles. The first kappa shape index (κ1) is 20.6. The molecule has 1 N–H and O–H groups in total. The average Bonchev–Trinajstić information content (AvgIpc) is 3.36. The third kappa shape index (κ3) is 3.86. The number of benzene rings is 1. The van der Waals surface area contributed by atoms with Crippen LogP contribution in [0, 0.1) is 5.82 Å². The van der Waals surface area contributed by atoms with Crippen molar-refractivity contribution in [2.75, 3.05) is 13.2 Å². The van der Waals surface area contributed by atoms with Gasteiger partial charge in [-0.25, -0.2) is 4.39 Å². The fraction of sp³-hybridized carbons (Fsp3) is 0.478. The summed E-state index contributed by atoms with van der Waals surface area (Å²) < 4.78 is 20.8. The number of rotatable bonds is 5. The van der Waals surface area contributed by atoms with E-state index in [1.165, 1.54) is 12.1 Å². The monoisotopic (exact) mass is 413 g/mol. The van der Waals surface area contributed by atoms with E-state index in [1.807, 2.05) is 16.4 Å². The number of hydrogen-bond donors (Lipinski definition) is 1. The quantitative estimate of drug-likeness (QED) is 0.814. The Balaban J connectivity index is 1.61. The van der Waals surface area contributed by atoms with E-state index in [0.717, 1.165) is 30.6 Å². The number of nitrogens with zero attached hydrogens (tertiary/aromatic N) is 2. The van der Waals surface area contributed by atoms with E-state index in [2.05, 4.69) is 12.2 Å². The van der Waals surface area contributed by atoms with Crippen LogP contribution in [0.25, 0.3) is 0 Å². The van der Waals surface area contributed by atoms with Crippen molar-refractivity contribution >= 4 is 11.8 Å². The summed E-state index contributed by atoms with van der Waals surface area (Å²) in [7, 11) is 0. The summed E-state index contributed by atoms with van der Waals surface area (Å²) in [5.74, 6) is -0.570. The van der Waals surface area contributed by atoms with E-state index in [-0.39, 0.29) is 29.7 Å². The van der Waals surface area contributed by atoms with Crippen molar-refractivity contribution in [3.63, 3.8) is 0 Å². The van der Waals surface area contributed by atoms with E-state index in [0.29, 0.717) is 37.4 Å². The zero-order valence-corrected chi connectivity index (χ0v) is 17.5. The maximum Gasteiger partial charge on any atom is 0.270 e. The molecule has 0 saturated carbocycles. The average molecular weight is 413 g/mol. The highest BCUT2D eigenvalue weighted by Crippen LogP contribution is 2.26. The summed E-state index contributed by atoms with van der Waals surface area (Å²) in [6, 6.07) is 7.85. The Morgan fingerprint density at radius 2 is 2.03 bits per heavy atom. The fourth-order valence-electron chi connectivity index (χ4n) is 4.43. The largest absolute Gasteiger partial charge is 0.373 e. The highest BCUT2D eigenvalue weighted by Gasteiger charge is 2.32. The minimum absolute atomic E-state index is 0.0206. The molecule has 1 aromatic carbocycles. The second-order valence-electron chi connectivity index (χ2n) is 8.07. The van der Waals surface area contributed by atoms with Crippen molar-refractivity contribution < 1.29 is 18.7 Å². The molecule has 1 unspecified atom stereocenters. The number of fused-ring (bicyclic) bond motifs is 1. The maximum atomic E-state index is 13.3. The summed E-state index contributed by atoms with van der Waals surface area (Å²) in [4.78, 5) is 28.3. The first-order chi connectivity index (χ1) is 14.5. The SMILES string of the molecule is CC[C@@H](NC(=O)c1cc(C(=O)N2CCCC2C)n2c1COCC2)c1ccc(F)cc1. The molecule has 30 heavy (non-hydrogen) atoms. The van der Waals surface area contributed by atoms with E-state index < -0.39 is 0 Å². The molecule has 0 aliphatic carbocycles. The molecule has 2 aliphatic heterocycles. The van der Waals surface area contributed by atoms with Gasteiger partial charge in [-0.3, -0.25) is 9.59 Å². The Bertz CT molecular complexity index is 938. The predicted molar refractivity (Wildman–Crippen MR) is 111 cm³/mol. The van der Waals surface area contributed by atoms with E-state index >= 15 is 0 Å². The van der Waals surface area contributed by atoms with Crippen LogP contribution in [0.2, 0.25) is 0 Å². The van der Waals surface area contributed by atoms with Crippen molar-refractivity contribution in [3.8, 4) is 0 Å². The van der Waals surface area contributed by atoms with E-state index in [4.69, 9.17) is 4.74 Å². The van der Waals surface area contributed by atoms with Crippen molar-refractivity contribution in [1.29, 1.82) is 0 Å². The molecule has 0 bridgehead atoms. The molecule has 0 radical (unpaired) electrons. The molecule has 6 nitrogen and oxygen atoms in total. The third-order valence-corrected chi connectivity index (χ3v) is 6.17. The van der Waals surface area contributed by atoms with Gasteiger partial charge in [-0.2, -0.15) is 0 Å². The van der Waals surface area contributed by atoms with Crippen LogP contribution in [0.4, 0.5) is 4.39 Å². The molecule has 2 aromatic rings. The lowest BCUT2D eigenvalue weighted by atomic mass is 10.0. The molecule has 4 rings (SSSR count). The summed E-state index contributed by atoms with van der Waals surface area (Å²) in [5.41, 5.74) is 2.62. The number of amides is 2. The van der Waals surface area contributed by atoms with Crippen LogP contribution >= 0.6 is 0 Å². The van der Waals surface area contributed by atoms with E-state index in [1.54, 1.807) is 18.2 Å². The lowest BCUT2D eigenvalue weighted by Crippen LogP contribution is -2.35. The number of carbonyl (C=O) groups is 2. The van der Waals surface area contributed by atoms with Crippen LogP contribution in [0.5, 0.6) is 0 Å². The second-order valence-corrected chi connectivity index (χ2v) is 8.07. The van der Waals surface area contributed by atoms with Gasteiger partial charge < -0.3 is 19.5 Å². The van der Waals surface area contributed by atoms with Gasteiger partial charge in [0.1, 0.15) is 11.5 Å². The summed E-state index contributed by atoms with van der Waals surface area (Å²) in [6.07, 6.45) is 2.68. The van der Waals surface area contributed by atoms with Gasteiger partial charge in [-0.15, -0.1) is 0 Å².